The summed E-state index contributed by atoms with van der Waals surface area (Å²) in [6.45, 7) is 6.25. The molecule has 0 saturated carbocycles. The van der Waals surface area contributed by atoms with Gasteiger partial charge in [-0.2, -0.15) is 5.26 Å². The molecule has 26 heavy (non-hydrogen) atoms. The van der Waals surface area contributed by atoms with Gasteiger partial charge >= 0.3 is 0 Å². The number of benzene rings is 1. The van der Waals surface area contributed by atoms with E-state index in [0.717, 1.165) is 55.8 Å². The Morgan fingerprint density at radius 1 is 1.12 bits per heavy atom. The van der Waals surface area contributed by atoms with E-state index in [0.29, 0.717) is 11.7 Å². The molecule has 3 heterocycles. The maximum atomic E-state index is 9.47. The molecule has 0 spiro atoms. The molecule has 1 aromatic carbocycles. The summed E-state index contributed by atoms with van der Waals surface area (Å²) in [7, 11) is 0. The molecule has 0 radical (unpaired) electrons. The van der Waals surface area contributed by atoms with E-state index >= 15 is 0 Å². The van der Waals surface area contributed by atoms with Crippen LogP contribution < -0.4 is 4.90 Å². The zero-order valence-electron chi connectivity index (χ0n) is 15.2. The van der Waals surface area contributed by atoms with Crippen molar-refractivity contribution in [3.63, 3.8) is 0 Å². The number of rotatable bonds is 5. The topological polar surface area (TPSA) is 52.4 Å². The highest BCUT2D eigenvalue weighted by Gasteiger charge is 2.22. The molecular formula is C21H26N4O. The Balaban J connectivity index is 1.34. The normalized spacial score (nSPS) is 19.1. The standard InChI is InChI=1S/C21H26N4O/c22-16-17-15-21(23-20-6-2-1-5-19(17)20)25-11-7-18(8-12-25)26-14-13-24-9-3-4-10-24/h1-2,5-6,15,18H,3-4,7-14H2. The van der Waals surface area contributed by atoms with Crippen LogP contribution >= 0.6 is 0 Å². The fourth-order valence-electron chi connectivity index (χ4n) is 4.02. The van der Waals surface area contributed by atoms with Crippen molar-refractivity contribution < 1.29 is 4.74 Å². The molecule has 2 aliphatic rings. The van der Waals surface area contributed by atoms with Crippen LogP contribution in [0.2, 0.25) is 0 Å². The van der Waals surface area contributed by atoms with Gasteiger partial charge in [-0.05, 0) is 50.9 Å². The summed E-state index contributed by atoms with van der Waals surface area (Å²) in [5.74, 6) is 0.913. The zero-order valence-corrected chi connectivity index (χ0v) is 15.2. The third kappa shape index (κ3) is 3.82. The summed E-state index contributed by atoms with van der Waals surface area (Å²) >= 11 is 0. The monoisotopic (exact) mass is 350 g/mol. The number of pyridine rings is 1. The first-order valence-electron chi connectivity index (χ1n) is 9.72. The van der Waals surface area contributed by atoms with E-state index in [1.54, 1.807) is 0 Å². The lowest BCUT2D eigenvalue weighted by atomic mass is 10.1. The summed E-state index contributed by atoms with van der Waals surface area (Å²) in [6, 6.07) is 12.1. The summed E-state index contributed by atoms with van der Waals surface area (Å²) in [5, 5.41) is 10.4. The molecule has 0 unspecified atom stereocenters. The number of ether oxygens (including phenoxy) is 1. The minimum Gasteiger partial charge on any atom is -0.377 e. The molecule has 136 valence electrons. The van der Waals surface area contributed by atoms with Crippen LogP contribution in [0.4, 0.5) is 5.82 Å². The van der Waals surface area contributed by atoms with E-state index in [1.165, 1.54) is 25.9 Å². The number of nitriles is 1. The SMILES string of the molecule is N#Cc1cc(N2CCC(OCCN3CCCC3)CC2)nc2ccccc12. The van der Waals surface area contributed by atoms with Crippen molar-refractivity contribution in [2.24, 2.45) is 0 Å². The van der Waals surface area contributed by atoms with Crippen LogP contribution in [0.5, 0.6) is 0 Å². The third-order valence-electron chi connectivity index (χ3n) is 5.55. The first-order chi connectivity index (χ1) is 12.8. The lowest BCUT2D eigenvalue weighted by Crippen LogP contribution is -2.38. The Kier molecular flexibility index (Phi) is 5.33. The predicted octanol–water partition coefficient (Wildman–Crippen LogP) is 3.19. The van der Waals surface area contributed by atoms with Gasteiger partial charge in [0.25, 0.3) is 0 Å². The Morgan fingerprint density at radius 3 is 2.65 bits per heavy atom. The van der Waals surface area contributed by atoms with Gasteiger partial charge in [-0.15, -0.1) is 0 Å². The molecule has 2 fully saturated rings. The van der Waals surface area contributed by atoms with Crippen LogP contribution in [0.15, 0.2) is 30.3 Å². The molecular weight excluding hydrogens is 324 g/mol. The number of piperidine rings is 1. The van der Waals surface area contributed by atoms with Crippen molar-refractivity contribution in [1.29, 1.82) is 5.26 Å². The fourth-order valence-corrected chi connectivity index (χ4v) is 4.02. The van der Waals surface area contributed by atoms with Gasteiger partial charge in [-0.3, -0.25) is 0 Å². The second kappa shape index (κ2) is 8.03. The van der Waals surface area contributed by atoms with Gasteiger partial charge in [-0.1, -0.05) is 18.2 Å². The molecule has 5 nitrogen and oxygen atoms in total. The predicted molar refractivity (Wildman–Crippen MR) is 103 cm³/mol. The van der Waals surface area contributed by atoms with Gasteiger partial charge in [0.1, 0.15) is 5.82 Å². The number of hydrogen-bond acceptors (Lipinski definition) is 5. The first kappa shape index (κ1) is 17.3. The van der Waals surface area contributed by atoms with Crippen LogP contribution in [0, 0.1) is 11.3 Å². The lowest BCUT2D eigenvalue weighted by Gasteiger charge is -2.33. The van der Waals surface area contributed by atoms with E-state index in [2.05, 4.69) is 15.9 Å². The van der Waals surface area contributed by atoms with E-state index in [4.69, 9.17) is 9.72 Å². The van der Waals surface area contributed by atoms with Gasteiger partial charge in [0, 0.05) is 25.0 Å². The first-order valence-corrected chi connectivity index (χ1v) is 9.72. The van der Waals surface area contributed by atoms with Crippen LogP contribution in [0.1, 0.15) is 31.2 Å². The molecule has 0 amide bonds. The maximum Gasteiger partial charge on any atom is 0.130 e. The summed E-state index contributed by atoms with van der Waals surface area (Å²) < 4.78 is 6.10. The van der Waals surface area contributed by atoms with E-state index in [-0.39, 0.29) is 0 Å². The smallest absolute Gasteiger partial charge is 0.130 e. The lowest BCUT2D eigenvalue weighted by molar-refractivity contribution is 0.0265. The molecule has 0 bridgehead atoms. The highest BCUT2D eigenvalue weighted by Crippen LogP contribution is 2.25. The van der Waals surface area contributed by atoms with Crippen LogP contribution in [-0.2, 0) is 4.74 Å². The molecule has 0 aliphatic carbocycles. The summed E-state index contributed by atoms with van der Waals surface area (Å²) in [5.41, 5.74) is 1.60. The maximum absolute atomic E-state index is 9.47. The van der Waals surface area contributed by atoms with Crippen LogP contribution in [0.3, 0.4) is 0 Å². The fraction of sp³-hybridized carbons (Fsp3) is 0.524. The van der Waals surface area contributed by atoms with E-state index in [1.807, 2.05) is 30.3 Å². The summed E-state index contributed by atoms with van der Waals surface area (Å²) in [4.78, 5) is 9.56. The highest BCUT2D eigenvalue weighted by atomic mass is 16.5. The number of anilines is 1. The van der Waals surface area contributed by atoms with Crippen LogP contribution in [0.25, 0.3) is 10.9 Å². The molecule has 4 rings (SSSR count). The van der Waals surface area contributed by atoms with E-state index in [9.17, 15) is 5.26 Å². The zero-order chi connectivity index (χ0) is 17.8. The average molecular weight is 350 g/mol. The molecule has 0 N–H and O–H groups in total. The van der Waals surface area contributed by atoms with Gasteiger partial charge in [-0.25, -0.2) is 4.98 Å². The number of para-hydroxylation sites is 1. The van der Waals surface area contributed by atoms with Crippen molar-refractivity contribution in [3.8, 4) is 6.07 Å². The minimum absolute atomic E-state index is 0.352. The van der Waals surface area contributed by atoms with Crippen molar-refractivity contribution in [2.45, 2.75) is 31.8 Å². The van der Waals surface area contributed by atoms with Crippen molar-refractivity contribution in [3.05, 3.63) is 35.9 Å². The number of fused-ring (bicyclic) bond motifs is 1. The van der Waals surface area contributed by atoms with Crippen LogP contribution in [-0.4, -0.2) is 55.3 Å². The van der Waals surface area contributed by atoms with Gasteiger partial charge < -0.3 is 14.5 Å². The Labute approximate surface area is 155 Å². The molecule has 2 saturated heterocycles. The van der Waals surface area contributed by atoms with E-state index < -0.39 is 0 Å². The summed E-state index contributed by atoms with van der Waals surface area (Å²) in [6.07, 6.45) is 5.07. The Hall–Kier alpha value is -2.16. The quantitative estimate of drug-likeness (QED) is 0.829. The molecule has 2 aromatic rings. The van der Waals surface area contributed by atoms with Gasteiger partial charge in [0.2, 0.25) is 0 Å². The third-order valence-corrected chi connectivity index (χ3v) is 5.55. The molecule has 0 atom stereocenters. The largest absolute Gasteiger partial charge is 0.377 e. The second-order valence-electron chi connectivity index (χ2n) is 7.26. The van der Waals surface area contributed by atoms with Crippen molar-refractivity contribution in [2.75, 3.05) is 44.2 Å². The number of hydrogen-bond donors (Lipinski definition) is 0. The Morgan fingerprint density at radius 2 is 1.88 bits per heavy atom. The van der Waals surface area contributed by atoms with Crippen molar-refractivity contribution in [1.82, 2.24) is 9.88 Å². The Bertz CT molecular complexity index is 786. The molecule has 1 aromatic heterocycles. The highest BCUT2D eigenvalue weighted by molar-refractivity contribution is 5.86. The second-order valence-corrected chi connectivity index (χ2v) is 7.26. The van der Waals surface area contributed by atoms with Gasteiger partial charge in [0.05, 0.1) is 29.9 Å². The minimum atomic E-state index is 0.352. The van der Waals surface area contributed by atoms with Crippen molar-refractivity contribution >= 4 is 16.7 Å². The number of likely N-dealkylation sites (tertiary alicyclic amines) is 1. The number of aromatic nitrogens is 1. The molecule has 5 heteroatoms. The number of nitrogens with zero attached hydrogens (tertiary/aromatic N) is 4. The van der Waals surface area contributed by atoms with Gasteiger partial charge in [0.15, 0.2) is 0 Å². The average Bonchev–Trinajstić information content (AvgIpc) is 3.21. The molecule has 2 aliphatic heterocycles.